The molecule has 0 spiro atoms. The molecule has 1 aliphatic heterocycles. The van der Waals surface area contributed by atoms with Crippen molar-refractivity contribution >= 4 is 57.6 Å². The Hall–Kier alpha value is 0.650. The van der Waals surface area contributed by atoms with Crippen LogP contribution in [0.1, 0.15) is 18.0 Å². The number of hydrogen-bond donors (Lipinski definition) is 3. The van der Waals surface area contributed by atoms with Crippen LogP contribution in [0.2, 0.25) is 0 Å². The molecule has 1 atom stereocenters. The Morgan fingerprint density at radius 1 is 1.25 bits per heavy atom. The van der Waals surface area contributed by atoms with Gasteiger partial charge >= 0.3 is 0 Å². The standard InChI is InChI=1S/C13H18I2N2O2.ClH/c14-9-7-10(13(19)11(15)8-9)12(1-6-18)17-4-2-16-3-5-17;/h7-8,12,16,18-19H,1-6H2;1H/t12-;/m0./s1. The lowest BCUT2D eigenvalue weighted by Gasteiger charge is -2.35. The number of aliphatic hydroxyl groups excluding tert-OH is 1. The first-order valence-electron chi connectivity index (χ1n) is 6.37. The van der Waals surface area contributed by atoms with E-state index < -0.39 is 0 Å². The summed E-state index contributed by atoms with van der Waals surface area (Å²) in [6.45, 7) is 3.96. The average Bonchev–Trinajstić information content (AvgIpc) is 2.41. The zero-order chi connectivity index (χ0) is 13.8. The number of phenols is 1. The Morgan fingerprint density at radius 2 is 1.90 bits per heavy atom. The number of nitrogens with one attached hydrogen (secondary N) is 1. The molecule has 0 amide bonds. The van der Waals surface area contributed by atoms with Crippen molar-refractivity contribution in [3.8, 4) is 5.75 Å². The first-order valence-corrected chi connectivity index (χ1v) is 8.52. The van der Waals surface area contributed by atoms with Crippen LogP contribution >= 0.6 is 57.6 Å². The molecule has 0 aliphatic carbocycles. The van der Waals surface area contributed by atoms with Crippen LogP contribution in [0.3, 0.4) is 0 Å². The third-order valence-corrected chi connectivity index (χ3v) is 4.86. The van der Waals surface area contributed by atoms with Crippen molar-refractivity contribution in [2.75, 3.05) is 32.8 Å². The number of nitrogens with zero attached hydrogens (tertiary/aromatic N) is 1. The summed E-state index contributed by atoms with van der Waals surface area (Å²) >= 11 is 4.43. The normalized spacial score (nSPS) is 17.6. The van der Waals surface area contributed by atoms with Gasteiger partial charge in [0.05, 0.1) is 3.57 Å². The quantitative estimate of drug-likeness (QED) is 0.530. The monoisotopic (exact) mass is 524 g/mol. The van der Waals surface area contributed by atoms with Crippen LogP contribution in [-0.4, -0.2) is 47.9 Å². The van der Waals surface area contributed by atoms with Gasteiger partial charge in [-0.15, -0.1) is 12.4 Å². The number of aliphatic hydroxyl groups is 1. The van der Waals surface area contributed by atoms with Gasteiger partial charge in [0.2, 0.25) is 0 Å². The SMILES string of the molecule is Cl.OCC[C@@H](c1cc(I)cc(I)c1O)N1CCNCC1. The molecule has 0 unspecified atom stereocenters. The molecule has 1 aliphatic rings. The van der Waals surface area contributed by atoms with E-state index in [2.05, 4.69) is 55.4 Å². The van der Waals surface area contributed by atoms with E-state index in [9.17, 15) is 10.2 Å². The predicted octanol–water partition coefficient (Wildman–Crippen LogP) is 2.35. The lowest BCUT2D eigenvalue weighted by atomic mass is 10.0. The Balaban J connectivity index is 0.00000200. The van der Waals surface area contributed by atoms with Gasteiger partial charge in [0, 0.05) is 48.0 Å². The van der Waals surface area contributed by atoms with E-state index in [1.165, 1.54) is 0 Å². The van der Waals surface area contributed by atoms with Crippen LogP contribution in [0, 0.1) is 7.14 Å². The predicted molar refractivity (Wildman–Crippen MR) is 99.7 cm³/mol. The van der Waals surface area contributed by atoms with Gasteiger partial charge in [0.15, 0.2) is 0 Å². The van der Waals surface area contributed by atoms with E-state index in [0.29, 0.717) is 12.2 Å². The van der Waals surface area contributed by atoms with E-state index in [4.69, 9.17) is 0 Å². The Kier molecular flexibility index (Phi) is 8.36. The van der Waals surface area contributed by atoms with Gasteiger partial charge in [-0.05, 0) is 63.7 Å². The van der Waals surface area contributed by atoms with Crippen molar-refractivity contribution in [2.45, 2.75) is 12.5 Å². The molecule has 20 heavy (non-hydrogen) atoms. The number of benzene rings is 1. The number of halogens is 3. The van der Waals surface area contributed by atoms with Crippen LogP contribution in [0.15, 0.2) is 12.1 Å². The highest BCUT2D eigenvalue weighted by molar-refractivity contribution is 14.1. The fraction of sp³-hybridized carbons (Fsp3) is 0.538. The maximum Gasteiger partial charge on any atom is 0.133 e. The highest BCUT2D eigenvalue weighted by atomic mass is 127. The highest BCUT2D eigenvalue weighted by Gasteiger charge is 2.25. The van der Waals surface area contributed by atoms with Crippen molar-refractivity contribution in [3.05, 3.63) is 24.8 Å². The molecule has 0 aromatic heterocycles. The minimum absolute atomic E-state index is 0. The average molecular weight is 525 g/mol. The molecule has 114 valence electrons. The van der Waals surface area contributed by atoms with Crippen molar-refractivity contribution in [3.63, 3.8) is 0 Å². The van der Waals surface area contributed by atoms with Gasteiger partial charge in [-0.25, -0.2) is 0 Å². The van der Waals surface area contributed by atoms with Gasteiger partial charge in [0.25, 0.3) is 0 Å². The van der Waals surface area contributed by atoms with Crippen molar-refractivity contribution < 1.29 is 10.2 Å². The Bertz CT molecular complexity index is 443. The number of piperazine rings is 1. The van der Waals surface area contributed by atoms with E-state index in [0.717, 1.165) is 38.9 Å². The van der Waals surface area contributed by atoms with E-state index in [1.54, 1.807) is 0 Å². The first kappa shape index (κ1) is 18.7. The maximum absolute atomic E-state index is 10.3. The Labute approximate surface area is 153 Å². The molecule has 1 fully saturated rings. The summed E-state index contributed by atoms with van der Waals surface area (Å²) in [6.07, 6.45) is 0.656. The van der Waals surface area contributed by atoms with Gasteiger partial charge in [-0.3, -0.25) is 4.90 Å². The molecule has 1 aromatic carbocycles. The molecule has 2 rings (SSSR count). The van der Waals surface area contributed by atoms with Gasteiger partial charge < -0.3 is 15.5 Å². The Morgan fingerprint density at radius 3 is 2.50 bits per heavy atom. The van der Waals surface area contributed by atoms with Crippen LogP contribution in [0.25, 0.3) is 0 Å². The third kappa shape index (κ3) is 4.57. The molecule has 1 heterocycles. The third-order valence-electron chi connectivity index (χ3n) is 3.41. The van der Waals surface area contributed by atoms with Gasteiger partial charge in [-0.2, -0.15) is 0 Å². The number of hydrogen-bond acceptors (Lipinski definition) is 4. The second-order valence-corrected chi connectivity index (χ2v) is 7.05. The summed E-state index contributed by atoms with van der Waals surface area (Å²) in [4.78, 5) is 2.34. The molecule has 0 bridgehead atoms. The first-order chi connectivity index (χ1) is 9.13. The minimum Gasteiger partial charge on any atom is -0.506 e. The molecular formula is C13H19ClI2N2O2. The largest absolute Gasteiger partial charge is 0.506 e. The van der Waals surface area contributed by atoms with E-state index in [-0.39, 0.29) is 25.1 Å². The van der Waals surface area contributed by atoms with Crippen molar-refractivity contribution in [1.29, 1.82) is 0 Å². The van der Waals surface area contributed by atoms with Gasteiger partial charge in [-0.1, -0.05) is 0 Å². The summed E-state index contributed by atoms with van der Waals surface area (Å²) in [5.74, 6) is 0.359. The molecule has 3 N–H and O–H groups in total. The molecule has 4 nitrogen and oxygen atoms in total. The molecule has 7 heteroatoms. The second-order valence-electron chi connectivity index (χ2n) is 4.64. The molecule has 1 saturated heterocycles. The van der Waals surface area contributed by atoms with Crippen LogP contribution in [0.5, 0.6) is 5.75 Å². The fourth-order valence-corrected chi connectivity index (χ4v) is 4.38. The van der Waals surface area contributed by atoms with E-state index in [1.807, 2.05) is 12.1 Å². The number of rotatable bonds is 4. The summed E-state index contributed by atoms with van der Waals surface area (Å²) in [5.41, 5.74) is 0.937. The molecular weight excluding hydrogens is 505 g/mol. The van der Waals surface area contributed by atoms with Crippen LogP contribution < -0.4 is 5.32 Å². The lowest BCUT2D eigenvalue weighted by molar-refractivity contribution is 0.139. The maximum atomic E-state index is 10.3. The number of phenolic OH excluding ortho intramolecular Hbond substituents is 1. The summed E-state index contributed by atoms with van der Waals surface area (Å²) in [7, 11) is 0. The van der Waals surface area contributed by atoms with E-state index >= 15 is 0 Å². The molecule has 1 aromatic rings. The minimum atomic E-state index is 0. The van der Waals surface area contributed by atoms with Crippen molar-refractivity contribution in [1.82, 2.24) is 10.2 Å². The van der Waals surface area contributed by atoms with Crippen LogP contribution in [0.4, 0.5) is 0 Å². The van der Waals surface area contributed by atoms with Crippen LogP contribution in [-0.2, 0) is 0 Å². The lowest BCUT2D eigenvalue weighted by Crippen LogP contribution is -2.45. The smallest absolute Gasteiger partial charge is 0.133 e. The molecule has 0 saturated carbocycles. The summed E-state index contributed by atoms with van der Waals surface area (Å²) in [6, 6.07) is 4.09. The highest BCUT2D eigenvalue weighted by Crippen LogP contribution is 2.35. The van der Waals surface area contributed by atoms with Gasteiger partial charge in [0.1, 0.15) is 5.75 Å². The number of aromatic hydroxyl groups is 1. The topological polar surface area (TPSA) is 55.7 Å². The molecule has 0 radical (unpaired) electrons. The zero-order valence-corrected chi connectivity index (χ0v) is 16.1. The fourth-order valence-electron chi connectivity index (χ4n) is 2.49. The summed E-state index contributed by atoms with van der Waals surface area (Å²) < 4.78 is 1.99. The van der Waals surface area contributed by atoms with Crippen molar-refractivity contribution in [2.24, 2.45) is 0 Å². The zero-order valence-electron chi connectivity index (χ0n) is 11.0. The second kappa shape index (κ2) is 8.94. The summed E-state index contributed by atoms with van der Waals surface area (Å²) in [5, 5.41) is 23.0.